The molecule has 0 aliphatic carbocycles. The van der Waals surface area contributed by atoms with Crippen LogP contribution in [0.5, 0.6) is 0 Å². The van der Waals surface area contributed by atoms with Crippen molar-refractivity contribution >= 4 is 33.1 Å². The van der Waals surface area contributed by atoms with Crippen molar-refractivity contribution in [1.29, 1.82) is 0 Å². The number of hydrogen-bond donors (Lipinski definition) is 2. The predicted molar refractivity (Wildman–Crippen MR) is 87.2 cm³/mol. The highest BCUT2D eigenvalue weighted by molar-refractivity contribution is 7.21. The molecule has 2 N–H and O–H groups in total. The van der Waals surface area contributed by atoms with Crippen LogP contribution in [0.25, 0.3) is 10.2 Å². The molecule has 5 nitrogen and oxygen atoms in total. The Morgan fingerprint density at radius 2 is 2.14 bits per heavy atom. The van der Waals surface area contributed by atoms with E-state index in [0.29, 0.717) is 4.88 Å². The average molecular weight is 310 g/mol. The molecule has 110 valence electrons. The molecular formula is C16H14N4OS. The summed E-state index contributed by atoms with van der Waals surface area (Å²) in [5.41, 5.74) is 3.90. The van der Waals surface area contributed by atoms with Crippen LogP contribution in [0, 0.1) is 13.8 Å². The molecule has 0 aromatic carbocycles. The van der Waals surface area contributed by atoms with Gasteiger partial charge < -0.3 is 10.6 Å². The van der Waals surface area contributed by atoms with Crippen LogP contribution in [0.2, 0.25) is 0 Å². The third-order valence-corrected chi connectivity index (χ3v) is 4.86. The molecule has 0 saturated heterocycles. The Balaban J connectivity index is 1.88. The summed E-state index contributed by atoms with van der Waals surface area (Å²) in [5.74, 6) is -0.0670. The summed E-state index contributed by atoms with van der Waals surface area (Å²) in [6, 6.07) is 5.85. The minimum atomic E-state index is -0.271. The van der Waals surface area contributed by atoms with Gasteiger partial charge >= 0.3 is 0 Å². The molecule has 3 aromatic heterocycles. The largest absolute Gasteiger partial charge is 0.360 e. The number of rotatable bonds is 1. The van der Waals surface area contributed by atoms with Gasteiger partial charge in [0.05, 0.1) is 5.69 Å². The molecular weight excluding hydrogens is 296 g/mol. The lowest BCUT2D eigenvalue weighted by Gasteiger charge is -2.26. The molecule has 0 radical (unpaired) electrons. The third kappa shape index (κ3) is 1.95. The SMILES string of the molecule is Cc1cc(C)c2c3c(sc2n1)C(=O)NC(c1cccnc1)N3. The second kappa shape index (κ2) is 4.78. The summed E-state index contributed by atoms with van der Waals surface area (Å²) >= 11 is 1.43. The van der Waals surface area contributed by atoms with E-state index in [1.54, 1.807) is 12.4 Å². The number of amides is 1. The molecule has 4 heterocycles. The lowest BCUT2D eigenvalue weighted by Crippen LogP contribution is -2.37. The van der Waals surface area contributed by atoms with Crippen molar-refractivity contribution in [2.75, 3.05) is 5.32 Å². The quantitative estimate of drug-likeness (QED) is 0.724. The van der Waals surface area contributed by atoms with E-state index in [4.69, 9.17) is 0 Å². The van der Waals surface area contributed by atoms with Gasteiger partial charge in [-0.15, -0.1) is 11.3 Å². The lowest BCUT2D eigenvalue weighted by molar-refractivity contribution is 0.0940. The van der Waals surface area contributed by atoms with Crippen LogP contribution in [0.15, 0.2) is 30.6 Å². The first-order chi connectivity index (χ1) is 10.6. The standard InChI is InChI=1S/C16H14N4OS/c1-8-6-9(2)18-16-11(8)12-13(22-16)15(21)20-14(19-12)10-4-3-5-17-7-10/h3-7,14,19H,1-2H3,(H,20,21). The van der Waals surface area contributed by atoms with Crippen molar-refractivity contribution in [1.82, 2.24) is 15.3 Å². The van der Waals surface area contributed by atoms with Gasteiger partial charge in [0.15, 0.2) is 0 Å². The Morgan fingerprint density at radius 1 is 1.27 bits per heavy atom. The summed E-state index contributed by atoms with van der Waals surface area (Å²) in [4.78, 5) is 22.7. The average Bonchev–Trinajstić information content (AvgIpc) is 2.87. The first-order valence-corrected chi connectivity index (χ1v) is 7.83. The smallest absolute Gasteiger partial charge is 0.265 e. The van der Waals surface area contributed by atoms with Crippen LogP contribution in [0.1, 0.15) is 32.7 Å². The second-order valence-corrected chi connectivity index (χ2v) is 6.40. The normalized spacial score (nSPS) is 17.0. The number of anilines is 1. The molecule has 1 unspecified atom stereocenters. The topological polar surface area (TPSA) is 66.9 Å². The van der Waals surface area contributed by atoms with E-state index in [0.717, 1.165) is 32.7 Å². The van der Waals surface area contributed by atoms with Crippen LogP contribution in [-0.4, -0.2) is 15.9 Å². The molecule has 1 aliphatic rings. The summed E-state index contributed by atoms with van der Waals surface area (Å²) in [7, 11) is 0. The number of fused-ring (bicyclic) bond motifs is 3. The highest BCUT2D eigenvalue weighted by atomic mass is 32.1. The number of carbonyl (C=O) groups excluding carboxylic acids is 1. The Bertz CT molecular complexity index is 888. The van der Waals surface area contributed by atoms with Crippen molar-refractivity contribution in [3.05, 3.63) is 52.3 Å². The van der Waals surface area contributed by atoms with Gasteiger partial charge in [0, 0.05) is 29.0 Å². The minimum absolute atomic E-state index is 0.0670. The number of pyridine rings is 2. The minimum Gasteiger partial charge on any atom is -0.360 e. The first-order valence-electron chi connectivity index (χ1n) is 7.01. The number of aromatic nitrogens is 2. The van der Waals surface area contributed by atoms with E-state index >= 15 is 0 Å². The van der Waals surface area contributed by atoms with Crippen LogP contribution in [0.4, 0.5) is 5.69 Å². The van der Waals surface area contributed by atoms with E-state index in [9.17, 15) is 4.79 Å². The van der Waals surface area contributed by atoms with Crippen LogP contribution in [-0.2, 0) is 0 Å². The van der Waals surface area contributed by atoms with Gasteiger partial charge in [-0.2, -0.15) is 0 Å². The number of carbonyl (C=O) groups is 1. The van der Waals surface area contributed by atoms with E-state index in [1.807, 2.05) is 25.1 Å². The monoisotopic (exact) mass is 310 g/mol. The van der Waals surface area contributed by atoms with Gasteiger partial charge in [0.25, 0.3) is 5.91 Å². The maximum Gasteiger partial charge on any atom is 0.265 e. The Kier molecular flexibility index (Phi) is 2.87. The molecule has 0 fully saturated rings. The van der Waals surface area contributed by atoms with Crippen molar-refractivity contribution in [2.45, 2.75) is 20.0 Å². The van der Waals surface area contributed by atoms with Crippen molar-refractivity contribution in [2.24, 2.45) is 0 Å². The van der Waals surface area contributed by atoms with Gasteiger partial charge in [-0.1, -0.05) is 6.07 Å². The number of nitrogens with zero attached hydrogens (tertiary/aromatic N) is 2. The summed E-state index contributed by atoms with van der Waals surface area (Å²) < 4.78 is 0. The molecule has 0 spiro atoms. The maximum absolute atomic E-state index is 12.4. The van der Waals surface area contributed by atoms with Gasteiger partial charge in [0.1, 0.15) is 15.9 Å². The number of aryl methyl sites for hydroxylation is 2. The molecule has 22 heavy (non-hydrogen) atoms. The molecule has 0 saturated carbocycles. The Labute approximate surface area is 131 Å². The van der Waals surface area contributed by atoms with Crippen molar-refractivity contribution in [3.8, 4) is 0 Å². The molecule has 4 rings (SSSR count). The molecule has 6 heteroatoms. The van der Waals surface area contributed by atoms with Crippen LogP contribution >= 0.6 is 11.3 Å². The number of hydrogen-bond acceptors (Lipinski definition) is 5. The molecule has 3 aromatic rings. The fraction of sp³-hybridized carbons (Fsp3) is 0.188. The molecule has 1 atom stereocenters. The Morgan fingerprint density at radius 3 is 2.91 bits per heavy atom. The van der Waals surface area contributed by atoms with Crippen molar-refractivity contribution in [3.63, 3.8) is 0 Å². The zero-order valence-corrected chi connectivity index (χ0v) is 13.0. The molecule has 1 amide bonds. The van der Waals surface area contributed by atoms with E-state index in [-0.39, 0.29) is 12.1 Å². The predicted octanol–water partition coefficient (Wildman–Crippen LogP) is 3.16. The maximum atomic E-state index is 12.4. The first kappa shape index (κ1) is 13.2. The van der Waals surface area contributed by atoms with Gasteiger partial charge in [-0.05, 0) is 31.5 Å². The Hall–Kier alpha value is -2.47. The second-order valence-electron chi connectivity index (χ2n) is 5.40. The fourth-order valence-electron chi connectivity index (χ4n) is 2.83. The highest BCUT2D eigenvalue weighted by Gasteiger charge is 2.29. The number of nitrogens with one attached hydrogen (secondary N) is 2. The van der Waals surface area contributed by atoms with E-state index in [1.165, 1.54) is 11.3 Å². The summed E-state index contributed by atoms with van der Waals surface area (Å²) in [6.45, 7) is 4.02. The zero-order valence-electron chi connectivity index (χ0n) is 12.2. The highest BCUT2D eigenvalue weighted by Crippen LogP contribution is 2.40. The van der Waals surface area contributed by atoms with E-state index < -0.39 is 0 Å². The zero-order chi connectivity index (χ0) is 15.3. The third-order valence-electron chi connectivity index (χ3n) is 3.78. The fourth-order valence-corrected chi connectivity index (χ4v) is 3.99. The van der Waals surface area contributed by atoms with E-state index in [2.05, 4.69) is 27.5 Å². The van der Waals surface area contributed by atoms with Crippen LogP contribution in [0.3, 0.4) is 0 Å². The van der Waals surface area contributed by atoms with Crippen molar-refractivity contribution < 1.29 is 4.79 Å². The molecule has 1 aliphatic heterocycles. The van der Waals surface area contributed by atoms with Crippen LogP contribution < -0.4 is 10.6 Å². The lowest BCUT2D eigenvalue weighted by atomic mass is 10.1. The summed E-state index contributed by atoms with van der Waals surface area (Å²) in [5, 5.41) is 7.44. The molecule has 0 bridgehead atoms. The van der Waals surface area contributed by atoms with Gasteiger partial charge in [-0.3, -0.25) is 9.78 Å². The summed E-state index contributed by atoms with van der Waals surface area (Å²) in [6.07, 6.45) is 3.20. The van der Waals surface area contributed by atoms with Gasteiger partial charge in [0.2, 0.25) is 0 Å². The number of thiophene rings is 1. The van der Waals surface area contributed by atoms with Gasteiger partial charge in [-0.25, -0.2) is 4.98 Å².